The number of carbonyl (C=O) groups is 1. The maximum Gasteiger partial charge on any atom is 0.418 e. The van der Waals surface area contributed by atoms with Gasteiger partial charge in [-0.3, -0.25) is 14.7 Å². The molecule has 4 atom stereocenters. The number of benzene rings is 1. The van der Waals surface area contributed by atoms with Gasteiger partial charge in [0.05, 0.1) is 40.0 Å². The van der Waals surface area contributed by atoms with Crippen molar-refractivity contribution in [3.63, 3.8) is 0 Å². The molecule has 3 aliphatic rings. The molecule has 0 aliphatic carbocycles. The Morgan fingerprint density at radius 3 is 2.75 bits per heavy atom. The second-order valence-electron chi connectivity index (χ2n) is 13.6. The van der Waals surface area contributed by atoms with Gasteiger partial charge < -0.3 is 19.4 Å². The van der Waals surface area contributed by atoms with E-state index in [1.165, 1.54) is 18.3 Å². The first kappa shape index (κ1) is 36.7. The Morgan fingerprint density at radius 1 is 1.24 bits per heavy atom. The van der Waals surface area contributed by atoms with Crippen molar-refractivity contribution < 1.29 is 31.5 Å². The average Bonchev–Trinajstić information content (AvgIpc) is 3.61. The number of anilines is 1. The monoisotopic (exact) mass is 732 g/mol. The number of rotatable bonds is 9. The molecule has 5 heterocycles. The SMILES string of the molecule is C[C@H](/C=C/C(=O)N1CCN(c2nc(OC[C@@]34CCCN3C[C@H](F)C4)nc3c(F)c(-c4cccc(Cl)c4C(F)(F)F)ncc23)C[C@@H]1CC#N)N(C)C. The number of halogens is 6. The third kappa shape index (κ3) is 7.31. The van der Waals surface area contributed by atoms with Crippen LogP contribution in [0.2, 0.25) is 5.02 Å². The molecule has 10 nitrogen and oxygen atoms in total. The van der Waals surface area contributed by atoms with Gasteiger partial charge in [0.1, 0.15) is 29.8 Å². The number of hydrogen-bond donors (Lipinski definition) is 0. The summed E-state index contributed by atoms with van der Waals surface area (Å²) in [7, 11) is 3.78. The van der Waals surface area contributed by atoms with Gasteiger partial charge in [0.25, 0.3) is 0 Å². The van der Waals surface area contributed by atoms with E-state index in [1.54, 1.807) is 15.9 Å². The first-order valence-electron chi connectivity index (χ1n) is 16.7. The molecule has 0 unspecified atom stereocenters. The molecular formula is C35H38ClF5N8O2. The normalized spacial score (nSPS) is 23.3. The minimum absolute atomic E-state index is 0.000183. The van der Waals surface area contributed by atoms with Gasteiger partial charge in [0.15, 0.2) is 5.82 Å². The molecular weight excluding hydrogens is 695 g/mol. The predicted octanol–water partition coefficient (Wildman–Crippen LogP) is 5.90. The highest BCUT2D eigenvalue weighted by atomic mass is 35.5. The van der Waals surface area contributed by atoms with Crippen molar-refractivity contribution in [2.24, 2.45) is 0 Å². The Balaban J connectivity index is 1.40. The first-order valence-corrected chi connectivity index (χ1v) is 17.1. The minimum Gasteiger partial charge on any atom is -0.461 e. The van der Waals surface area contributed by atoms with Crippen LogP contribution >= 0.6 is 11.6 Å². The highest BCUT2D eigenvalue weighted by Gasteiger charge is 2.49. The molecule has 0 spiro atoms. The van der Waals surface area contributed by atoms with Crippen molar-refractivity contribution in [3.8, 4) is 23.3 Å². The van der Waals surface area contributed by atoms with E-state index in [0.29, 0.717) is 13.0 Å². The molecule has 3 aliphatic heterocycles. The van der Waals surface area contributed by atoms with Gasteiger partial charge in [0.2, 0.25) is 5.91 Å². The Morgan fingerprint density at radius 2 is 2.02 bits per heavy atom. The maximum absolute atomic E-state index is 16.6. The molecule has 0 N–H and O–H groups in total. The van der Waals surface area contributed by atoms with Crippen LogP contribution in [0, 0.1) is 17.1 Å². The summed E-state index contributed by atoms with van der Waals surface area (Å²) in [4.78, 5) is 33.7. The highest BCUT2D eigenvalue weighted by molar-refractivity contribution is 6.31. The van der Waals surface area contributed by atoms with Crippen molar-refractivity contribution in [2.45, 2.75) is 62.6 Å². The van der Waals surface area contributed by atoms with Crippen molar-refractivity contribution in [1.82, 2.24) is 29.7 Å². The predicted molar refractivity (Wildman–Crippen MR) is 182 cm³/mol. The van der Waals surface area contributed by atoms with Gasteiger partial charge in [-0.2, -0.15) is 28.4 Å². The van der Waals surface area contributed by atoms with Crippen LogP contribution in [0.3, 0.4) is 0 Å². The fraction of sp³-hybridized carbons (Fsp3) is 0.514. The van der Waals surface area contributed by atoms with Gasteiger partial charge >= 0.3 is 12.2 Å². The third-order valence-corrected chi connectivity index (χ3v) is 10.5. The number of nitriles is 1. The summed E-state index contributed by atoms with van der Waals surface area (Å²) in [5, 5.41) is 9.15. The van der Waals surface area contributed by atoms with E-state index < -0.39 is 51.6 Å². The Kier molecular flexibility index (Phi) is 10.4. The van der Waals surface area contributed by atoms with E-state index in [4.69, 9.17) is 16.3 Å². The van der Waals surface area contributed by atoms with Crippen LogP contribution in [0.5, 0.6) is 6.01 Å². The summed E-state index contributed by atoms with van der Waals surface area (Å²) in [5.74, 6) is -1.22. The fourth-order valence-corrected chi connectivity index (χ4v) is 7.56. The molecule has 0 saturated carbocycles. The van der Waals surface area contributed by atoms with E-state index >= 15 is 4.39 Å². The molecule has 1 amide bonds. The number of likely N-dealkylation sites (N-methyl/N-ethyl adjacent to an activating group) is 1. The number of alkyl halides is 4. The molecule has 2 aromatic heterocycles. The summed E-state index contributed by atoms with van der Waals surface area (Å²) in [6.07, 6.45) is 0.351. The summed E-state index contributed by atoms with van der Waals surface area (Å²) < 4.78 is 79.6. The number of nitrogens with zero attached hydrogens (tertiary/aromatic N) is 8. The number of carbonyl (C=O) groups excluding carboxylic acids is 1. The second-order valence-corrected chi connectivity index (χ2v) is 14.0. The molecule has 3 fully saturated rings. The van der Waals surface area contributed by atoms with Gasteiger partial charge in [-0.1, -0.05) is 29.8 Å². The largest absolute Gasteiger partial charge is 0.461 e. The smallest absolute Gasteiger partial charge is 0.418 e. The van der Waals surface area contributed by atoms with Crippen LogP contribution in [0.15, 0.2) is 36.5 Å². The molecule has 0 bridgehead atoms. The molecule has 3 saturated heterocycles. The van der Waals surface area contributed by atoms with Crippen LogP contribution in [-0.2, 0) is 11.0 Å². The number of piperazine rings is 1. The molecule has 51 heavy (non-hydrogen) atoms. The number of aromatic nitrogens is 3. The third-order valence-electron chi connectivity index (χ3n) is 10.2. The van der Waals surface area contributed by atoms with E-state index in [1.807, 2.05) is 30.8 Å². The number of hydrogen-bond acceptors (Lipinski definition) is 9. The zero-order chi connectivity index (χ0) is 36.7. The number of fused-ring (bicyclic) bond motifs is 2. The molecule has 1 aromatic carbocycles. The summed E-state index contributed by atoms with van der Waals surface area (Å²) in [6.45, 7) is 3.54. The maximum atomic E-state index is 16.6. The molecule has 6 rings (SSSR count). The van der Waals surface area contributed by atoms with E-state index in [2.05, 4.69) is 21.0 Å². The van der Waals surface area contributed by atoms with Crippen molar-refractivity contribution in [2.75, 3.05) is 58.3 Å². The summed E-state index contributed by atoms with van der Waals surface area (Å²) in [6, 6.07) is 4.76. The molecule has 16 heteroatoms. The molecule has 0 radical (unpaired) electrons. The van der Waals surface area contributed by atoms with Crippen LogP contribution in [0.1, 0.15) is 38.2 Å². The van der Waals surface area contributed by atoms with Gasteiger partial charge in [-0.25, -0.2) is 8.78 Å². The lowest BCUT2D eigenvalue weighted by atomic mass is 9.95. The van der Waals surface area contributed by atoms with Gasteiger partial charge in [0, 0.05) is 56.5 Å². The quantitative estimate of drug-likeness (QED) is 0.197. The van der Waals surface area contributed by atoms with Crippen molar-refractivity contribution in [1.29, 1.82) is 5.26 Å². The standard InChI is InChI=1S/C35H38ClF5N8O2/c1-21(46(2)3)8-9-27(50)49-15-14-47(19-23(49)10-12-42)32-25-17-43-30(24-6-4-7-26(36)28(24)35(39,40)41)29(38)31(25)44-33(45-32)51-20-34-11-5-13-48(34)18-22(37)16-34/h4,6-9,17,21-23H,5,10-11,13-16,18-20H2,1-3H3/b9-8+/t21-,22-,23+,34+/m1/s1. The van der Waals surface area contributed by atoms with E-state index in [0.717, 1.165) is 18.6 Å². The lowest BCUT2D eigenvalue weighted by Gasteiger charge is -2.41. The van der Waals surface area contributed by atoms with Crippen molar-refractivity contribution >= 4 is 34.2 Å². The lowest BCUT2D eigenvalue weighted by Crippen LogP contribution is -2.55. The van der Waals surface area contributed by atoms with Crippen LogP contribution in [0.4, 0.5) is 27.8 Å². The Labute approximate surface area is 297 Å². The Hall–Kier alpha value is -4.13. The van der Waals surface area contributed by atoms with E-state index in [-0.39, 0.29) is 80.3 Å². The number of ether oxygens (including phenoxy) is 1. The summed E-state index contributed by atoms with van der Waals surface area (Å²) >= 11 is 5.96. The summed E-state index contributed by atoms with van der Waals surface area (Å²) in [5.41, 5.74) is -3.32. The molecule has 3 aromatic rings. The lowest BCUT2D eigenvalue weighted by molar-refractivity contribution is -0.137. The zero-order valence-electron chi connectivity index (χ0n) is 28.4. The van der Waals surface area contributed by atoms with Crippen molar-refractivity contribution in [3.05, 3.63) is 53.0 Å². The minimum atomic E-state index is -4.91. The highest BCUT2D eigenvalue weighted by Crippen LogP contribution is 2.43. The van der Waals surface area contributed by atoms with Crippen LogP contribution in [-0.4, -0.2) is 113 Å². The number of pyridine rings is 1. The second kappa shape index (κ2) is 14.5. The topological polar surface area (TPSA) is 102 Å². The zero-order valence-corrected chi connectivity index (χ0v) is 29.2. The van der Waals surface area contributed by atoms with Gasteiger partial charge in [-0.15, -0.1) is 0 Å². The molecule has 272 valence electrons. The van der Waals surface area contributed by atoms with E-state index in [9.17, 15) is 27.6 Å². The Bertz CT molecular complexity index is 1870. The first-order chi connectivity index (χ1) is 24.2. The van der Waals surface area contributed by atoms with Gasteiger partial charge in [-0.05, 0) is 46.5 Å². The number of amides is 1. The van der Waals surface area contributed by atoms with Crippen LogP contribution < -0.4 is 9.64 Å². The van der Waals surface area contributed by atoms with Crippen LogP contribution in [0.25, 0.3) is 22.2 Å². The fourth-order valence-electron chi connectivity index (χ4n) is 7.28. The average molecular weight is 733 g/mol.